The van der Waals surface area contributed by atoms with Crippen LogP contribution in [0.2, 0.25) is 0 Å². The molecule has 0 bridgehead atoms. The Morgan fingerprint density at radius 3 is 2.78 bits per heavy atom. The van der Waals surface area contributed by atoms with E-state index in [1.165, 1.54) is 10.6 Å². The minimum atomic E-state index is -0.530. The number of hydrogen-bond acceptors (Lipinski definition) is 4. The minimum Gasteiger partial charge on any atom is -0.274 e. The van der Waals surface area contributed by atoms with Gasteiger partial charge in [0.2, 0.25) is 0 Å². The summed E-state index contributed by atoms with van der Waals surface area (Å²) < 4.78 is 1.30. The number of aromatic nitrogens is 4. The number of rotatable bonds is 2. The monoisotopic (exact) mass is 243 g/mol. The smallest absolute Gasteiger partial charge is 0.274 e. The van der Waals surface area contributed by atoms with E-state index in [0.29, 0.717) is 11.6 Å². The fourth-order valence-electron chi connectivity index (χ4n) is 1.93. The highest BCUT2D eigenvalue weighted by Crippen LogP contribution is 2.45. The van der Waals surface area contributed by atoms with Gasteiger partial charge in [-0.25, -0.2) is 4.98 Å². The molecule has 3 rings (SSSR count). The molecule has 6 nitrogen and oxygen atoms in total. The number of fused-ring (bicyclic) bond motifs is 1. The van der Waals surface area contributed by atoms with E-state index in [2.05, 4.69) is 21.1 Å². The van der Waals surface area contributed by atoms with Gasteiger partial charge in [-0.05, 0) is 18.8 Å². The van der Waals surface area contributed by atoms with Gasteiger partial charge in [0.25, 0.3) is 11.3 Å². The Kier molecular flexibility index (Phi) is 2.08. The van der Waals surface area contributed by atoms with Crippen molar-refractivity contribution in [3.05, 3.63) is 27.9 Å². The molecule has 0 spiro atoms. The van der Waals surface area contributed by atoms with Gasteiger partial charge in [0.1, 0.15) is 11.2 Å². The van der Waals surface area contributed by atoms with Crippen LogP contribution >= 0.6 is 0 Å². The first kappa shape index (κ1) is 11.0. The fraction of sp³-hybridized carbons (Fsp3) is 0.500. The van der Waals surface area contributed by atoms with Crippen molar-refractivity contribution in [2.45, 2.75) is 38.0 Å². The number of hydrogen-bond donors (Lipinski definition) is 1. The maximum atomic E-state index is 11.9. The normalized spacial score (nSPS) is 17.0. The third kappa shape index (κ3) is 1.44. The van der Waals surface area contributed by atoms with Crippen molar-refractivity contribution in [1.29, 1.82) is 5.26 Å². The highest BCUT2D eigenvalue weighted by Gasteiger charge is 2.48. The molecule has 0 unspecified atom stereocenters. The van der Waals surface area contributed by atoms with E-state index < -0.39 is 5.41 Å². The van der Waals surface area contributed by atoms with Gasteiger partial charge in [-0.15, -0.1) is 0 Å². The molecule has 6 heteroatoms. The molecule has 18 heavy (non-hydrogen) atoms. The molecule has 0 aromatic carbocycles. The van der Waals surface area contributed by atoms with Crippen LogP contribution in [0.25, 0.3) is 5.78 Å². The van der Waals surface area contributed by atoms with E-state index >= 15 is 0 Å². The number of H-pyrrole nitrogens is 1. The largest absolute Gasteiger partial charge is 0.274 e. The molecular weight excluding hydrogens is 230 g/mol. The van der Waals surface area contributed by atoms with Crippen LogP contribution in [-0.2, 0) is 5.41 Å². The molecular formula is C12H13N5O. The van der Waals surface area contributed by atoms with Gasteiger partial charge in [-0.3, -0.25) is 9.89 Å². The second-order valence-electron chi connectivity index (χ2n) is 5.08. The standard InChI is InChI=1S/C12H13N5O/c1-7(2)8-5-9(18)17-11(14-8)15-10(16-17)12(6-13)3-4-12/h5,7H,3-4H2,1-2H3,(H,14,15,16). The van der Waals surface area contributed by atoms with Crippen LogP contribution in [0.5, 0.6) is 0 Å². The molecule has 0 radical (unpaired) electrons. The van der Waals surface area contributed by atoms with Crippen molar-refractivity contribution in [1.82, 2.24) is 19.6 Å². The van der Waals surface area contributed by atoms with Crippen molar-refractivity contribution >= 4 is 5.78 Å². The van der Waals surface area contributed by atoms with E-state index in [9.17, 15) is 4.79 Å². The lowest BCUT2D eigenvalue weighted by atomic mass is 10.1. The third-order valence-corrected chi connectivity index (χ3v) is 3.36. The third-order valence-electron chi connectivity index (χ3n) is 3.36. The lowest BCUT2D eigenvalue weighted by Crippen LogP contribution is -2.16. The Bertz CT molecular complexity index is 714. The molecule has 1 aliphatic carbocycles. The first-order chi connectivity index (χ1) is 8.55. The minimum absolute atomic E-state index is 0.175. The van der Waals surface area contributed by atoms with Gasteiger partial charge in [-0.1, -0.05) is 13.8 Å². The molecule has 2 aromatic rings. The van der Waals surface area contributed by atoms with Gasteiger partial charge in [0.05, 0.1) is 11.8 Å². The molecule has 0 amide bonds. The summed E-state index contributed by atoms with van der Waals surface area (Å²) in [5.41, 5.74) is 0.00838. The zero-order valence-electron chi connectivity index (χ0n) is 10.3. The van der Waals surface area contributed by atoms with Crippen LogP contribution in [0.1, 0.15) is 44.1 Å². The summed E-state index contributed by atoms with van der Waals surface area (Å²) in [7, 11) is 0. The van der Waals surface area contributed by atoms with Gasteiger partial charge >= 0.3 is 0 Å². The lowest BCUT2D eigenvalue weighted by molar-refractivity contribution is 0.765. The van der Waals surface area contributed by atoms with Crippen LogP contribution in [0.3, 0.4) is 0 Å². The van der Waals surface area contributed by atoms with Gasteiger partial charge in [0, 0.05) is 6.07 Å². The van der Waals surface area contributed by atoms with Crippen LogP contribution in [0, 0.1) is 11.3 Å². The molecule has 1 aliphatic rings. The summed E-state index contributed by atoms with van der Waals surface area (Å²) in [6.45, 7) is 3.95. The molecule has 1 saturated carbocycles. The Labute approximate surface area is 103 Å². The van der Waals surface area contributed by atoms with Crippen molar-refractivity contribution in [2.24, 2.45) is 0 Å². The molecule has 1 N–H and O–H groups in total. The van der Waals surface area contributed by atoms with Crippen LogP contribution < -0.4 is 5.56 Å². The average molecular weight is 243 g/mol. The Balaban J connectivity index is 2.22. The van der Waals surface area contributed by atoms with E-state index in [0.717, 1.165) is 18.5 Å². The van der Waals surface area contributed by atoms with Crippen molar-refractivity contribution in [2.75, 3.05) is 0 Å². The first-order valence-corrected chi connectivity index (χ1v) is 5.97. The zero-order chi connectivity index (χ0) is 12.9. The van der Waals surface area contributed by atoms with Gasteiger partial charge in [0.15, 0.2) is 0 Å². The van der Waals surface area contributed by atoms with E-state index in [1.54, 1.807) is 0 Å². The summed E-state index contributed by atoms with van der Waals surface area (Å²) >= 11 is 0. The second-order valence-corrected chi connectivity index (χ2v) is 5.08. The Hall–Kier alpha value is -2.16. The fourth-order valence-corrected chi connectivity index (χ4v) is 1.93. The summed E-state index contributed by atoms with van der Waals surface area (Å²) in [5.74, 6) is 1.08. The summed E-state index contributed by atoms with van der Waals surface area (Å²) in [6, 6.07) is 3.76. The number of nitriles is 1. The lowest BCUT2D eigenvalue weighted by Gasteiger charge is -2.01. The first-order valence-electron chi connectivity index (χ1n) is 5.97. The molecule has 1 fully saturated rings. The highest BCUT2D eigenvalue weighted by atomic mass is 16.1. The van der Waals surface area contributed by atoms with Gasteiger partial charge in [-0.2, -0.15) is 14.8 Å². The molecule has 2 heterocycles. The Morgan fingerprint density at radius 1 is 1.50 bits per heavy atom. The highest BCUT2D eigenvalue weighted by molar-refractivity contribution is 5.36. The van der Waals surface area contributed by atoms with Crippen LogP contribution in [0.4, 0.5) is 0 Å². The molecule has 2 aromatic heterocycles. The van der Waals surface area contributed by atoms with E-state index in [1.807, 2.05) is 13.8 Å². The SMILES string of the molecule is CC(C)c1cc(=O)n2[nH]c(C3(C#N)CC3)nc2n1. The topological polar surface area (TPSA) is 86.8 Å². The molecule has 0 aliphatic heterocycles. The molecule has 0 saturated heterocycles. The maximum absolute atomic E-state index is 11.9. The number of aromatic amines is 1. The quantitative estimate of drug-likeness (QED) is 0.855. The average Bonchev–Trinajstić information content (AvgIpc) is 3.02. The summed E-state index contributed by atoms with van der Waals surface area (Å²) in [4.78, 5) is 20.6. The van der Waals surface area contributed by atoms with E-state index in [-0.39, 0.29) is 11.5 Å². The number of nitrogens with one attached hydrogen (secondary N) is 1. The van der Waals surface area contributed by atoms with Crippen LogP contribution in [0.15, 0.2) is 10.9 Å². The summed E-state index contributed by atoms with van der Waals surface area (Å²) in [6.07, 6.45) is 1.57. The zero-order valence-corrected chi connectivity index (χ0v) is 10.3. The number of nitrogens with zero attached hydrogens (tertiary/aromatic N) is 4. The van der Waals surface area contributed by atoms with Crippen LogP contribution in [-0.4, -0.2) is 19.6 Å². The maximum Gasteiger partial charge on any atom is 0.274 e. The Morgan fingerprint density at radius 2 is 2.22 bits per heavy atom. The van der Waals surface area contributed by atoms with Gasteiger partial charge < -0.3 is 0 Å². The summed E-state index contributed by atoms with van der Waals surface area (Å²) in [5, 5.41) is 12.0. The van der Waals surface area contributed by atoms with E-state index in [4.69, 9.17) is 5.26 Å². The molecule has 0 atom stereocenters. The predicted molar refractivity (Wildman–Crippen MR) is 64.2 cm³/mol. The predicted octanol–water partition coefficient (Wildman–Crippen LogP) is 1.10. The van der Waals surface area contributed by atoms with Crippen molar-refractivity contribution in [3.63, 3.8) is 0 Å². The molecule has 92 valence electrons. The second kappa shape index (κ2) is 3.42. The van der Waals surface area contributed by atoms with Crippen molar-refractivity contribution in [3.8, 4) is 6.07 Å². The van der Waals surface area contributed by atoms with Crippen molar-refractivity contribution < 1.29 is 0 Å².